The molecule has 11 heteroatoms. The maximum absolute atomic E-state index is 13.2. The Morgan fingerprint density at radius 1 is 1.05 bits per heavy atom. The Balaban J connectivity index is 1.33. The number of aromatic nitrogens is 3. The van der Waals surface area contributed by atoms with E-state index in [1.54, 1.807) is 24.3 Å². The number of aryl methyl sites for hydroxylation is 3. The fourth-order valence-electron chi connectivity index (χ4n) is 4.54. The largest absolute Gasteiger partial charge is 0.468 e. The third-order valence-electron chi connectivity index (χ3n) is 6.46. The third-order valence-corrected chi connectivity index (χ3v) is 9.18. The van der Waals surface area contributed by atoms with E-state index >= 15 is 0 Å². The lowest BCUT2D eigenvalue weighted by atomic mass is 10.0. The van der Waals surface area contributed by atoms with Crippen molar-refractivity contribution < 1.29 is 17.6 Å². The number of hydrogen-bond acceptors (Lipinski definition) is 7. The molecule has 39 heavy (non-hydrogen) atoms. The fourth-order valence-corrected chi connectivity index (χ4v) is 6.50. The van der Waals surface area contributed by atoms with E-state index in [1.165, 1.54) is 35.7 Å². The molecule has 3 heterocycles. The number of sulfonamides is 1. The van der Waals surface area contributed by atoms with Gasteiger partial charge in [0.25, 0.3) is 0 Å². The minimum atomic E-state index is -3.73. The van der Waals surface area contributed by atoms with E-state index in [0.29, 0.717) is 23.0 Å². The lowest BCUT2D eigenvalue weighted by molar-refractivity contribution is -0.115. The van der Waals surface area contributed by atoms with Gasteiger partial charge in [0.15, 0.2) is 10.8 Å². The molecule has 0 saturated carbocycles. The van der Waals surface area contributed by atoms with Gasteiger partial charge in [0.2, 0.25) is 15.9 Å². The minimum absolute atomic E-state index is 0.0501. The van der Waals surface area contributed by atoms with Gasteiger partial charge in [0.1, 0.15) is 5.76 Å². The van der Waals surface area contributed by atoms with E-state index < -0.39 is 15.3 Å². The molecule has 0 aliphatic heterocycles. The van der Waals surface area contributed by atoms with Crippen LogP contribution in [0.3, 0.4) is 0 Å². The van der Waals surface area contributed by atoms with E-state index in [2.05, 4.69) is 53.1 Å². The topological polar surface area (TPSA) is 119 Å². The lowest BCUT2D eigenvalue weighted by Gasteiger charge is -2.16. The van der Waals surface area contributed by atoms with Crippen molar-refractivity contribution in [1.82, 2.24) is 19.3 Å². The summed E-state index contributed by atoms with van der Waals surface area (Å²) in [5.41, 5.74) is 5.70. The van der Waals surface area contributed by atoms with Gasteiger partial charge in [0.05, 0.1) is 28.5 Å². The van der Waals surface area contributed by atoms with Gasteiger partial charge in [0, 0.05) is 11.1 Å². The molecule has 3 aromatic heterocycles. The van der Waals surface area contributed by atoms with E-state index in [-0.39, 0.29) is 17.3 Å². The number of amides is 1. The first kappa shape index (κ1) is 26.9. The number of thioether (sulfide) groups is 1. The van der Waals surface area contributed by atoms with E-state index in [0.717, 1.165) is 27.7 Å². The predicted octanol–water partition coefficient (Wildman–Crippen LogP) is 5.39. The maximum Gasteiger partial charge on any atom is 0.240 e. The Morgan fingerprint density at radius 3 is 2.51 bits per heavy atom. The number of rotatable bonds is 9. The van der Waals surface area contributed by atoms with Gasteiger partial charge in [-0.25, -0.2) is 13.1 Å². The SMILES string of the molecule is CCC(Sc1nnc2cc(C)c3cc(C)cc(C)c3n12)C(=O)Nc1ccc(S(=O)(=O)NCc2ccco2)cc1. The smallest absolute Gasteiger partial charge is 0.240 e. The molecule has 0 bridgehead atoms. The van der Waals surface area contributed by atoms with Crippen LogP contribution in [0.5, 0.6) is 0 Å². The number of pyridine rings is 1. The highest BCUT2D eigenvalue weighted by Crippen LogP contribution is 2.32. The molecule has 0 spiro atoms. The summed E-state index contributed by atoms with van der Waals surface area (Å²) in [7, 11) is -3.73. The molecule has 0 radical (unpaired) electrons. The summed E-state index contributed by atoms with van der Waals surface area (Å²) in [6.07, 6.45) is 2.05. The quantitative estimate of drug-likeness (QED) is 0.231. The Hall–Kier alpha value is -3.67. The van der Waals surface area contributed by atoms with Crippen LogP contribution in [0.4, 0.5) is 5.69 Å². The first-order valence-electron chi connectivity index (χ1n) is 12.5. The van der Waals surface area contributed by atoms with Crippen LogP contribution >= 0.6 is 11.8 Å². The predicted molar refractivity (Wildman–Crippen MR) is 152 cm³/mol. The number of nitrogens with one attached hydrogen (secondary N) is 2. The molecule has 0 saturated heterocycles. The number of benzene rings is 2. The van der Waals surface area contributed by atoms with Crippen LogP contribution < -0.4 is 10.0 Å². The number of carbonyl (C=O) groups excluding carboxylic acids is 1. The van der Waals surface area contributed by atoms with E-state index in [4.69, 9.17) is 4.42 Å². The van der Waals surface area contributed by atoms with Crippen molar-refractivity contribution in [2.24, 2.45) is 0 Å². The van der Waals surface area contributed by atoms with Gasteiger partial charge in [-0.1, -0.05) is 30.3 Å². The average Bonchev–Trinajstić information content (AvgIpc) is 3.56. The molecule has 0 aliphatic rings. The van der Waals surface area contributed by atoms with Crippen LogP contribution in [0.1, 0.15) is 35.8 Å². The van der Waals surface area contributed by atoms with Crippen molar-refractivity contribution >= 4 is 49.9 Å². The zero-order valence-corrected chi connectivity index (χ0v) is 23.7. The number of hydrogen-bond donors (Lipinski definition) is 2. The van der Waals surface area contributed by atoms with Crippen LogP contribution in [-0.2, 0) is 21.4 Å². The highest BCUT2D eigenvalue weighted by Gasteiger charge is 2.23. The Labute approximate surface area is 231 Å². The normalized spacial score (nSPS) is 12.7. The summed E-state index contributed by atoms with van der Waals surface area (Å²) >= 11 is 1.36. The highest BCUT2D eigenvalue weighted by molar-refractivity contribution is 8.00. The van der Waals surface area contributed by atoms with Crippen molar-refractivity contribution in [3.05, 3.63) is 83.3 Å². The molecule has 5 aromatic rings. The van der Waals surface area contributed by atoms with Crippen molar-refractivity contribution in [3.63, 3.8) is 0 Å². The van der Waals surface area contributed by atoms with Gasteiger partial charge in [-0.05, 0) is 86.8 Å². The molecule has 2 N–H and O–H groups in total. The molecule has 1 atom stereocenters. The van der Waals surface area contributed by atoms with Crippen molar-refractivity contribution in [2.75, 3.05) is 5.32 Å². The Kier molecular flexibility index (Phi) is 7.48. The minimum Gasteiger partial charge on any atom is -0.468 e. The van der Waals surface area contributed by atoms with E-state index in [9.17, 15) is 13.2 Å². The van der Waals surface area contributed by atoms with E-state index in [1.807, 2.05) is 17.4 Å². The summed E-state index contributed by atoms with van der Waals surface area (Å²) in [6.45, 7) is 8.21. The van der Waals surface area contributed by atoms with Crippen LogP contribution in [0.2, 0.25) is 0 Å². The molecule has 0 aliphatic carbocycles. The maximum atomic E-state index is 13.2. The number of anilines is 1. The zero-order chi connectivity index (χ0) is 27.7. The first-order valence-corrected chi connectivity index (χ1v) is 14.9. The average molecular weight is 564 g/mol. The highest BCUT2D eigenvalue weighted by atomic mass is 32.2. The van der Waals surface area contributed by atoms with Gasteiger partial charge in [-0.2, -0.15) is 0 Å². The second-order valence-electron chi connectivity index (χ2n) is 9.41. The Morgan fingerprint density at radius 2 is 1.82 bits per heavy atom. The molecule has 2 aromatic carbocycles. The van der Waals surface area contributed by atoms with Crippen molar-refractivity contribution in [3.8, 4) is 0 Å². The number of fused-ring (bicyclic) bond motifs is 3. The molecule has 1 amide bonds. The zero-order valence-electron chi connectivity index (χ0n) is 22.1. The van der Waals surface area contributed by atoms with Crippen molar-refractivity contribution in [2.45, 2.75) is 56.0 Å². The molecule has 0 fully saturated rings. The molecule has 5 rings (SSSR count). The molecule has 9 nitrogen and oxygen atoms in total. The monoisotopic (exact) mass is 563 g/mol. The summed E-state index contributed by atoms with van der Waals surface area (Å²) in [5, 5.41) is 13.0. The van der Waals surface area contributed by atoms with Crippen molar-refractivity contribution in [1.29, 1.82) is 0 Å². The second-order valence-corrected chi connectivity index (χ2v) is 12.4. The number of carbonyl (C=O) groups is 1. The number of nitrogens with zero attached hydrogens (tertiary/aromatic N) is 3. The summed E-state index contributed by atoms with van der Waals surface area (Å²) in [6, 6.07) is 15.8. The third kappa shape index (κ3) is 5.56. The molecular formula is C28H29N5O4S2. The summed E-state index contributed by atoms with van der Waals surface area (Å²) in [5.74, 6) is 0.314. The van der Waals surface area contributed by atoms with Gasteiger partial charge >= 0.3 is 0 Å². The molecule has 202 valence electrons. The first-order chi connectivity index (χ1) is 18.7. The number of furan rings is 1. The summed E-state index contributed by atoms with van der Waals surface area (Å²) < 4.78 is 34.9. The van der Waals surface area contributed by atoms with Gasteiger partial charge in [-0.3, -0.25) is 9.20 Å². The van der Waals surface area contributed by atoms with Gasteiger partial charge in [-0.15, -0.1) is 10.2 Å². The Bertz CT molecular complexity index is 1760. The molecule has 1 unspecified atom stereocenters. The summed E-state index contributed by atoms with van der Waals surface area (Å²) in [4.78, 5) is 13.3. The standard InChI is InChI=1S/C28H29N5O4S2/c1-5-24(38-28-32-31-25-15-18(3)23-14-17(2)13-19(4)26(23)33(25)28)27(34)30-20-8-10-22(11-9-20)39(35,36)29-16-21-7-6-12-37-21/h6-15,24,29H,5,16H2,1-4H3,(H,30,34). The van der Waals surface area contributed by atoms with Crippen LogP contribution in [0.25, 0.3) is 16.6 Å². The lowest BCUT2D eigenvalue weighted by Crippen LogP contribution is -2.25. The van der Waals surface area contributed by atoms with Crippen LogP contribution in [0, 0.1) is 20.8 Å². The molecular weight excluding hydrogens is 534 g/mol. The fraction of sp³-hybridized carbons (Fsp3) is 0.250. The van der Waals surface area contributed by atoms with Gasteiger partial charge < -0.3 is 9.73 Å². The van der Waals surface area contributed by atoms with Crippen LogP contribution in [-0.4, -0.2) is 34.2 Å². The van der Waals surface area contributed by atoms with Crippen LogP contribution in [0.15, 0.2) is 75.3 Å². The second kappa shape index (κ2) is 10.8.